The summed E-state index contributed by atoms with van der Waals surface area (Å²) in [6.07, 6.45) is 7.21. The largest absolute Gasteiger partial charge is 0.453 e. The van der Waals surface area contributed by atoms with E-state index in [0.29, 0.717) is 30.4 Å². The summed E-state index contributed by atoms with van der Waals surface area (Å²) >= 11 is 0. The van der Waals surface area contributed by atoms with Crippen molar-refractivity contribution in [1.82, 2.24) is 50.3 Å². The number of nitrogens with zero attached hydrogens (tertiary/aromatic N) is 6. The van der Waals surface area contributed by atoms with Crippen LogP contribution >= 0.6 is 0 Å². The van der Waals surface area contributed by atoms with Crippen LogP contribution in [0.15, 0.2) is 61.1 Å². The number of imidazole rings is 2. The molecule has 4 N–H and O–H groups in total. The summed E-state index contributed by atoms with van der Waals surface area (Å²) in [5.41, 5.74) is 6.54. The van der Waals surface area contributed by atoms with Crippen LogP contribution in [-0.2, 0) is 19.1 Å². The number of carbonyl (C=O) groups is 4. The van der Waals surface area contributed by atoms with Crippen LogP contribution in [0.4, 0.5) is 9.59 Å². The average molecular weight is 791 g/mol. The van der Waals surface area contributed by atoms with Gasteiger partial charge in [0.05, 0.1) is 73.0 Å². The molecule has 16 heteroatoms. The predicted molar refractivity (Wildman–Crippen MR) is 216 cm³/mol. The number of fused-ring (bicyclic) bond motifs is 1. The highest BCUT2D eigenvalue weighted by atomic mass is 16.5. The Balaban J connectivity index is 1.02. The Morgan fingerprint density at radius 1 is 0.672 bits per heavy atom. The summed E-state index contributed by atoms with van der Waals surface area (Å²) in [5.74, 6) is 0.872. The molecule has 0 saturated carbocycles. The molecular weight excluding hydrogens is 741 g/mol. The Bertz CT molecular complexity index is 2270. The van der Waals surface area contributed by atoms with Crippen LogP contribution in [0.5, 0.6) is 0 Å². The van der Waals surface area contributed by atoms with Gasteiger partial charge >= 0.3 is 12.2 Å². The lowest BCUT2D eigenvalue weighted by Gasteiger charge is -2.30. The number of ether oxygens (including phenoxy) is 2. The zero-order valence-electron chi connectivity index (χ0n) is 33.6. The summed E-state index contributed by atoms with van der Waals surface area (Å²) in [4.78, 5) is 80.5. The van der Waals surface area contributed by atoms with E-state index >= 15 is 0 Å². The molecule has 3 aromatic heterocycles. The number of methoxy groups -OCH3 is 2. The second kappa shape index (κ2) is 17.0. The van der Waals surface area contributed by atoms with Crippen molar-refractivity contribution in [3.05, 3.63) is 72.7 Å². The molecule has 0 radical (unpaired) electrons. The van der Waals surface area contributed by atoms with Gasteiger partial charge in [-0.15, -0.1) is 0 Å². The standard InChI is InChI=1S/C42H50N10O6/c1-23(2)35(49-41(55)57-5)39(53)51-17-7-9-33(51)37-45-22-32(48-37)26-13-11-25(12-14-26)30-20-44-31(21-43-30)27-15-16-28-29(19-27)47-38(46-28)34-10-8-18-52(34)40(54)36(24(3)4)50-42(56)58-6/h11-16,19-24,33-36H,7-10,17-18H2,1-6H3,(H,45,48)(H,46,47)(H,49,55)(H,50,56)/t33-,34-,35-,36-/m0/s1. The van der Waals surface area contributed by atoms with E-state index in [1.807, 2.05) is 70.2 Å². The van der Waals surface area contributed by atoms with E-state index in [1.54, 1.807) is 28.4 Å². The molecule has 58 heavy (non-hydrogen) atoms. The summed E-state index contributed by atoms with van der Waals surface area (Å²) < 4.78 is 9.51. The zero-order valence-corrected chi connectivity index (χ0v) is 33.6. The molecule has 2 fully saturated rings. The molecule has 4 amide bonds. The minimum Gasteiger partial charge on any atom is -0.453 e. The first-order valence-corrected chi connectivity index (χ1v) is 19.7. The third-order valence-corrected chi connectivity index (χ3v) is 11.0. The Morgan fingerprint density at radius 3 is 1.72 bits per heavy atom. The van der Waals surface area contributed by atoms with E-state index in [9.17, 15) is 19.2 Å². The van der Waals surface area contributed by atoms with Crippen molar-refractivity contribution in [2.75, 3.05) is 27.3 Å². The molecule has 0 spiro atoms. The number of amides is 4. The van der Waals surface area contributed by atoms with Crippen molar-refractivity contribution in [3.8, 4) is 33.8 Å². The van der Waals surface area contributed by atoms with Crippen molar-refractivity contribution in [1.29, 1.82) is 0 Å². The van der Waals surface area contributed by atoms with Gasteiger partial charge in [-0.05, 0) is 55.2 Å². The molecule has 0 unspecified atom stereocenters. The number of hydrogen-bond donors (Lipinski definition) is 4. The second-order valence-corrected chi connectivity index (χ2v) is 15.5. The lowest BCUT2D eigenvalue weighted by Crippen LogP contribution is -2.51. The van der Waals surface area contributed by atoms with Crippen LogP contribution in [0.2, 0.25) is 0 Å². The maximum Gasteiger partial charge on any atom is 0.407 e. The molecule has 0 aliphatic carbocycles. The first-order valence-electron chi connectivity index (χ1n) is 19.7. The molecule has 7 rings (SSSR count). The van der Waals surface area contributed by atoms with Crippen LogP contribution < -0.4 is 10.6 Å². The predicted octanol–water partition coefficient (Wildman–Crippen LogP) is 6.17. The highest BCUT2D eigenvalue weighted by Gasteiger charge is 2.39. The molecule has 5 heterocycles. The van der Waals surface area contributed by atoms with Crippen molar-refractivity contribution >= 4 is 35.0 Å². The van der Waals surface area contributed by atoms with E-state index in [1.165, 1.54) is 14.2 Å². The molecule has 2 saturated heterocycles. The Morgan fingerprint density at radius 2 is 1.19 bits per heavy atom. The fourth-order valence-corrected chi connectivity index (χ4v) is 7.83. The third-order valence-electron chi connectivity index (χ3n) is 11.0. The van der Waals surface area contributed by atoms with Gasteiger partial charge < -0.3 is 39.9 Å². The normalized spacial score (nSPS) is 17.8. The summed E-state index contributed by atoms with van der Waals surface area (Å²) in [6.45, 7) is 8.74. The Labute approximate surface area is 336 Å². The summed E-state index contributed by atoms with van der Waals surface area (Å²) in [7, 11) is 2.57. The number of alkyl carbamates (subject to hydrolysis) is 2. The van der Waals surface area contributed by atoms with E-state index in [2.05, 4.69) is 25.6 Å². The highest BCUT2D eigenvalue weighted by Crippen LogP contribution is 2.35. The van der Waals surface area contributed by atoms with Gasteiger partial charge in [0.15, 0.2) is 0 Å². The quantitative estimate of drug-likeness (QED) is 0.120. The van der Waals surface area contributed by atoms with Gasteiger partial charge in [0, 0.05) is 24.2 Å². The molecule has 304 valence electrons. The first kappa shape index (κ1) is 39.9. The zero-order chi connectivity index (χ0) is 41.1. The number of benzene rings is 2. The van der Waals surface area contributed by atoms with E-state index in [0.717, 1.165) is 64.8 Å². The van der Waals surface area contributed by atoms with Crippen molar-refractivity contribution in [3.63, 3.8) is 0 Å². The maximum absolute atomic E-state index is 13.6. The fraction of sp³-hybridized carbons (Fsp3) is 0.429. The van der Waals surface area contributed by atoms with Gasteiger partial charge in [-0.3, -0.25) is 19.6 Å². The van der Waals surface area contributed by atoms with Crippen LogP contribution in [0.3, 0.4) is 0 Å². The van der Waals surface area contributed by atoms with Crippen molar-refractivity contribution < 1.29 is 28.7 Å². The number of likely N-dealkylation sites (tertiary alicyclic amines) is 2. The van der Waals surface area contributed by atoms with Gasteiger partial charge in [0.25, 0.3) is 0 Å². The van der Waals surface area contributed by atoms with E-state index < -0.39 is 24.3 Å². The van der Waals surface area contributed by atoms with Crippen LogP contribution in [0.1, 0.15) is 77.1 Å². The summed E-state index contributed by atoms with van der Waals surface area (Å²) in [6, 6.07) is 12.0. The van der Waals surface area contributed by atoms with E-state index in [-0.39, 0.29) is 35.7 Å². The number of aromatic nitrogens is 6. The number of nitrogens with one attached hydrogen (secondary N) is 4. The number of aromatic amines is 2. The Hall–Kier alpha value is -6.32. The van der Waals surface area contributed by atoms with E-state index in [4.69, 9.17) is 24.4 Å². The lowest BCUT2D eigenvalue weighted by atomic mass is 10.0. The van der Waals surface area contributed by atoms with Crippen molar-refractivity contribution in [2.45, 2.75) is 77.5 Å². The molecule has 2 aliphatic rings. The fourth-order valence-electron chi connectivity index (χ4n) is 7.83. The van der Waals surface area contributed by atoms with Crippen LogP contribution in [0, 0.1) is 11.8 Å². The lowest BCUT2D eigenvalue weighted by molar-refractivity contribution is -0.136. The Kier molecular flexibility index (Phi) is 11.7. The topological polar surface area (TPSA) is 200 Å². The number of carbonyl (C=O) groups excluding carboxylic acids is 4. The van der Waals surface area contributed by atoms with Crippen LogP contribution in [0.25, 0.3) is 44.8 Å². The number of hydrogen-bond acceptors (Lipinski definition) is 10. The number of rotatable bonds is 11. The molecule has 2 aliphatic heterocycles. The number of H-pyrrole nitrogens is 2. The van der Waals surface area contributed by atoms with Gasteiger partial charge in [-0.25, -0.2) is 19.6 Å². The van der Waals surface area contributed by atoms with Gasteiger partial charge in [-0.1, -0.05) is 58.0 Å². The van der Waals surface area contributed by atoms with Crippen LogP contribution in [-0.4, -0.2) is 103 Å². The van der Waals surface area contributed by atoms with Gasteiger partial charge in [0.2, 0.25) is 11.8 Å². The molecule has 0 bridgehead atoms. The van der Waals surface area contributed by atoms with Gasteiger partial charge in [0.1, 0.15) is 23.7 Å². The molecule has 4 atom stereocenters. The molecule has 2 aromatic carbocycles. The average Bonchev–Trinajstić information content (AvgIpc) is 4.07. The smallest absolute Gasteiger partial charge is 0.407 e. The summed E-state index contributed by atoms with van der Waals surface area (Å²) in [5, 5.41) is 5.38. The van der Waals surface area contributed by atoms with Crippen molar-refractivity contribution in [2.24, 2.45) is 11.8 Å². The maximum atomic E-state index is 13.6. The third kappa shape index (κ3) is 8.22. The minimum atomic E-state index is -0.704. The highest BCUT2D eigenvalue weighted by molar-refractivity contribution is 5.87. The first-order chi connectivity index (χ1) is 27.9. The molecule has 16 nitrogen and oxygen atoms in total. The molecular formula is C42H50N10O6. The monoisotopic (exact) mass is 790 g/mol. The minimum absolute atomic E-state index is 0.113. The second-order valence-electron chi connectivity index (χ2n) is 15.5. The SMILES string of the molecule is COC(=O)N[C@H](C(=O)N1CCC[C@H]1c1ncc(-c2ccc(-c3cnc(-c4ccc5[nH]c([C@@H]6CCCN6C(=O)[C@@H](NC(=O)OC)C(C)C)nc5c4)cn3)cc2)[nH]1)C(C)C. The molecule has 5 aromatic rings. The van der Waals surface area contributed by atoms with Gasteiger partial charge in [-0.2, -0.15) is 0 Å².